The van der Waals surface area contributed by atoms with Crippen LogP contribution < -0.4 is 0 Å². The zero-order valence-electron chi connectivity index (χ0n) is 8.80. The molecule has 0 saturated heterocycles. The summed E-state index contributed by atoms with van der Waals surface area (Å²) in [4.78, 5) is 10.8. The standard InChI is InChI=1S/C12H10N2OS/c1-2-10-11(8-3-4-15-6-8)9-5-13-7-14-12(9)16-10/h3-7H,2H2,1H3. The summed E-state index contributed by atoms with van der Waals surface area (Å²) in [5.74, 6) is 0. The molecule has 0 radical (unpaired) electrons. The molecular weight excluding hydrogens is 220 g/mol. The SMILES string of the molecule is CCc1sc2ncncc2c1-c1ccoc1. The van der Waals surface area contributed by atoms with Gasteiger partial charge in [-0.15, -0.1) is 11.3 Å². The third-order valence-electron chi connectivity index (χ3n) is 2.57. The lowest BCUT2D eigenvalue weighted by Crippen LogP contribution is -1.80. The zero-order valence-corrected chi connectivity index (χ0v) is 9.62. The summed E-state index contributed by atoms with van der Waals surface area (Å²) in [6.07, 6.45) is 7.94. The van der Waals surface area contributed by atoms with Gasteiger partial charge in [0.1, 0.15) is 11.2 Å². The van der Waals surface area contributed by atoms with Crippen LogP contribution in [0, 0.1) is 0 Å². The molecule has 16 heavy (non-hydrogen) atoms. The molecule has 0 saturated carbocycles. The monoisotopic (exact) mass is 230 g/mol. The van der Waals surface area contributed by atoms with E-state index in [-0.39, 0.29) is 0 Å². The maximum atomic E-state index is 5.15. The van der Waals surface area contributed by atoms with E-state index in [9.17, 15) is 0 Å². The fraction of sp³-hybridized carbons (Fsp3) is 0.167. The number of furan rings is 1. The van der Waals surface area contributed by atoms with Gasteiger partial charge < -0.3 is 4.42 Å². The van der Waals surface area contributed by atoms with Gasteiger partial charge in [0.2, 0.25) is 0 Å². The number of hydrogen-bond donors (Lipinski definition) is 0. The second-order valence-electron chi connectivity index (χ2n) is 3.51. The zero-order chi connectivity index (χ0) is 11.0. The summed E-state index contributed by atoms with van der Waals surface area (Å²) < 4.78 is 5.15. The normalized spacial score (nSPS) is 11.1. The van der Waals surface area contributed by atoms with Crippen molar-refractivity contribution >= 4 is 21.6 Å². The van der Waals surface area contributed by atoms with Crippen molar-refractivity contribution in [3.63, 3.8) is 0 Å². The van der Waals surface area contributed by atoms with Crippen molar-refractivity contribution in [1.82, 2.24) is 9.97 Å². The van der Waals surface area contributed by atoms with Crippen molar-refractivity contribution in [3.05, 3.63) is 36.0 Å². The first-order chi connectivity index (χ1) is 7.90. The second kappa shape index (κ2) is 3.72. The Bertz CT molecular complexity index is 613. The van der Waals surface area contributed by atoms with Crippen LogP contribution in [0.5, 0.6) is 0 Å². The summed E-state index contributed by atoms with van der Waals surface area (Å²) in [5, 5.41) is 1.12. The predicted molar refractivity (Wildman–Crippen MR) is 64.5 cm³/mol. The van der Waals surface area contributed by atoms with Crippen molar-refractivity contribution in [3.8, 4) is 11.1 Å². The molecule has 0 amide bonds. The molecule has 80 valence electrons. The van der Waals surface area contributed by atoms with Crippen LogP contribution in [0.15, 0.2) is 35.5 Å². The lowest BCUT2D eigenvalue weighted by Gasteiger charge is -1.97. The third kappa shape index (κ3) is 1.34. The van der Waals surface area contributed by atoms with E-state index in [0.29, 0.717) is 0 Å². The Morgan fingerprint density at radius 1 is 1.44 bits per heavy atom. The Morgan fingerprint density at radius 2 is 2.38 bits per heavy atom. The van der Waals surface area contributed by atoms with E-state index < -0.39 is 0 Å². The maximum Gasteiger partial charge on any atom is 0.127 e. The molecule has 0 aromatic carbocycles. The molecule has 0 fully saturated rings. The average Bonchev–Trinajstić information content (AvgIpc) is 2.94. The molecule has 3 aromatic rings. The van der Waals surface area contributed by atoms with E-state index in [0.717, 1.165) is 22.2 Å². The highest BCUT2D eigenvalue weighted by molar-refractivity contribution is 7.19. The van der Waals surface area contributed by atoms with Gasteiger partial charge in [-0.25, -0.2) is 9.97 Å². The molecule has 0 aliphatic rings. The molecule has 4 heteroatoms. The second-order valence-corrected chi connectivity index (χ2v) is 4.59. The number of hydrogen-bond acceptors (Lipinski definition) is 4. The van der Waals surface area contributed by atoms with E-state index >= 15 is 0 Å². The first-order valence-electron chi connectivity index (χ1n) is 5.14. The molecule has 0 aliphatic heterocycles. The van der Waals surface area contributed by atoms with Crippen LogP contribution >= 0.6 is 11.3 Å². The molecule has 0 atom stereocenters. The van der Waals surface area contributed by atoms with Gasteiger partial charge >= 0.3 is 0 Å². The molecule has 3 rings (SSSR count). The minimum absolute atomic E-state index is 1.00. The van der Waals surface area contributed by atoms with Gasteiger partial charge in [-0.2, -0.15) is 0 Å². The maximum absolute atomic E-state index is 5.15. The van der Waals surface area contributed by atoms with Gasteiger partial charge in [0, 0.05) is 27.6 Å². The van der Waals surface area contributed by atoms with Crippen LogP contribution in [0.3, 0.4) is 0 Å². The van der Waals surface area contributed by atoms with Crippen LogP contribution in [0.1, 0.15) is 11.8 Å². The molecule has 0 bridgehead atoms. The van der Waals surface area contributed by atoms with Crippen molar-refractivity contribution in [2.45, 2.75) is 13.3 Å². The summed E-state index contributed by atoms with van der Waals surface area (Å²) in [6, 6.07) is 1.98. The van der Waals surface area contributed by atoms with Crippen molar-refractivity contribution in [2.75, 3.05) is 0 Å². The van der Waals surface area contributed by atoms with Crippen molar-refractivity contribution < 1.29 is 4.42 Å². The lowest BCUT2D eigenvalue weighted by atomic mass is 10.1. The van der Waals surface area contributed by atoms with Crippen LogP contribution in [0.2, 0.25) is 0 Å². The van der Waals surface area contributed by atoms with Gasteiger partial charge in [0.25, 0.3) is 0 Å². The lowest BCUT2D eigenvalue weighted by molar-refractivity contribution is 0.568. The van der Waals surface area contributed by atoms with Crippen LogP contribution in [-0.2, 0) is 6.42 Å². The smallest absolute Gasteiger partial charge is 0.127 e. The molecule has 0 N–H and O–H groups in total. The highest BCUT2D eigenvalue weighted by Gasteiger charge is 2.14. The van der Waals surface area contributed by atoms with E-state index in [2.05, 4.69) is 16.9 Å². The van der Waals surface area contributed by atoms with Gasteiger partial charge in [0.15, 0.2) is 0 Å². The average molecular weight is 230 g/mol. The van der Waals surface area contributed by atoms with Crippen molar-refractivity contribution in [2.24, 2.45) is 0 Å². The third-order valence-corrected chi connectivity index (χ3v) is 3.83. The number of nitrogens with zero attached hydrogens (tertiary/aromatic N) is 2. The molecule has 0 aliphatic carbocycles. The van der Waals surface area contributed by atoms with Crippen LogP contribution in [0.4, 0.5) is 0 Å². The summed E-state index contributed by atoms with van der Waals surface area (Å²) in [7, 11) is 0. The minimum Gasteiger partial charge on any atom is -0.472 e. The molecule has 3 nitrogen and oxygen atoms in total. The van der Waals surface area contributed by atoms with Gasteiger partial charge in [-0.05, 0) is 12.5 Å². The number of aromatic nitrogens is 2. The Hall–Kier alpha value is -1.68. The van der Waals surface area contributed by atoms with E-state index in [1.807, 2.05) is 12.3 Å². The highest BCUT2D eigenvalue weighted by atomic mass is 32.1. The van der Waals surface area contributed by atoms with Crippen molar-refractivity contribution in [1.29, 1.82) is 0 Å². The molecule has 0 spiro atoms. The molecule has 0 unspecified atom stereocenters. The summed E-state index contributed by atoms with van der Waals surface area (Å²) in [6.45, 7) is 2.15. The highest BCUT2D eigenvalue weighted by Crippen LogP contribution is 2.37. The minimum atomic E-state index is 1.00. The Balaban J connectivity index is 2.36. The Labute approximate surface area is 96.8 Å². The summed E-state index contributed by atoms with van der Waals surface area (Å²) in [5.41, 5.74) is 2.33. The quantitative estimate of drug-likeness (QED) is 0.676. The molecule has 3 heterocycles. The Morgan fingerprint density at radius 3 is 3.12 bits per heavy atom. The van der Waals surface area contributed by atoms with Gasteiger partial charge in [0.05, 0.1) is 12.5 Å². The van der Waals surface area contributed by atoms with Gasteiger partial charge in [-0.1, -0.05) is 6.92 Å². The fourth-order valence-electron chi connectivity index (χ4n) is 1.86. The first kappa shape index (κ1) is 9.54. The summed E-state index contributed by atoms with van der Waals surface area (Å²) >= 11 is 1.73. The number of aryl methyl sites for hydroxylation is 1. The number of fused-ring (bicyclic) bond motifs is 1. The van der Waals surface area contributed by atoms with E-state index in [1.165, 1.54) is 10.4 Å². The van der Waals surface area contributed by atoms with Gasteiger partial charge in [-0.3, -0.25) is 0 Å². The first-order valence-corrected chi connectivity index (χ1v) is 5.95. The van der Waals surface area contributed by atoms with Crippen LogP contribution in [0.25, 0.3) is 21.3 Å². The van der Waals surface area contributed by atoms with E-state index in [4.69, 9.17) is 4.42 Å². The Kier molecular flexibility index (Phi) is 2.22. The number of rotatable bonds is 2. The topological polar surface area (TPSA) is 38.9 Å². The van der Waals surface area contributed by atoms with E-state index in [1.54, 1.807) is 30.2 Å². The largest absolute Gasteiger partial charge is 0.472 e. The predicted octanol–water partition coefficient (Wildman–Crippen LogP) is 3.51. The van der Waals surface area contributed by atoms with Crippen LogP contribution in [-0.4, -0.2) is 9.97 Å². The molecular formula is C12H10N2OS. The molecule has 3 aromatic heterocycles. The fourth-order valence-corrected chi connectivity index (χ4v) is 2.93. The number of thiophene rings is 1.